The van der Waals surface area contributed by atoms with Crippen molar-refractivity contribution in [3.8, 4) is 0 Å². The predicted molar refractivity (Wildman–Crippen MR) is 116 cm³/mol. The molecule has 8 heteroatoms. The molecule has 0 radical (unpaired) electrons. The van der Waals surface area contributed by atoms with E-state index in [0.29, 0.717) is 0 Å². The Morgan fingerprint density at radius 2 is 1.71 bits per heavy atom. The lowest BCUT2D eigenvalue weighted by Gasteiger charge is -2.35. The Morgan fingerprint density at radius 1 is 1.04 bits per heavy atom. The van der Waals surface area contributed by atoms with Crippen molar-refractivity contribution in [3.05, 3.63) is 35.9 Å². The topological polar surface area (TPSA) is 78.7 Å². The highest BCUT2D eigenvalue weighted by molar-refractivity contribution is 5.86. The van der Waals surface area contributed by atoms with Gasteiger partial charge in [0.25, 0.3) is 0 Å². The number of nitrogens with zero attached hydrogens (tertiary/aromatic N) is 2. The summed E-state index contributed by atoms with van der Waals surface area (Å²) >= 11 is 0. The van der Waals surface area contributed by atoms with Crippen LogP contribution in [0.5, 0.6) is 0 Å². The van der Waals surface area contributed by atoms with Crippen LogP contribution in [0.4, 0.5) is 0 Å². The molecule has 2 unspecified atom stereocenters. The summed E-state index contributed by atoms with van der Waals surface area (Å²) in [6.45, 7) is 4.19. The molecule has 0 spiro atoms. The molecule has 1 aromatic rings. The monoisotopic (exact) mass is 430 g/mol. The quantitative estimate of drug-likeness (QED) is 0.746. The van der Waals surface area contributed by atoms with Crippen molar-refractivity contribution in [3.63, 3.8) is 0 Å². The molecular formula is C20H32Cl2N4O2. The first-order chi connectivity index (χ1) is 12.6. The number of nitrogens with two attached hydrogens (primary N) is 1. The molecule has 28 heavy (non-hydrogen) atoms. The molecule has 2 fully saturated rings. The van der Waals surface area contributed by atoms with E-state index in [1.54, 1.807) is 0 Å². The zero-order chi connectivity index (χ0) is 18.4. The van der Waals surface area contributed by atoms with Crippen LogP contribution in [-0.4, -0.2) is 60.4 Å². The second kappa shape index (κ2) is 12.3. The maximum absolute atomic E-state index is 12.4. The number of hydrogen-bond donors (Lipinski definition) is 2. The summed E-state index contributed by atoms with van der Waals surface area (Å²) in [6.07, 6.45) is 3.61. The zero-order valence-corrected chi connectivity index (χ0v) is 17.9. The summed E-state index contributed by atoms with van der Waals surface area (Å²) in [7, 11) is 0. The van der Waals surface area contributed by atoms with Crippen LogP contribution < -0.4 is 11.1 Å². The first-order valence-electron chi connectivity index (χ1n) is 9.69. The van der Waals surface area contributed by atoms with Crippen molar-refractivity contribution < 1.29 is 9.59 Å². The van der Waals surface area contributed by atoms with Gasteiger partial charge in [0.2, 0.25) is 11.8 Å². The Morgan fingerprint density at radius 3 is 2.36 bits per heavy atom. The molecule has 2 atom stereocenters. The molecule has 2 aliphatic rings. The number of hydrogen-bond acceptors (Lipinski definition) is 4. The van der Waals surface area contributed by atoms with E-state index in [9.17, 15) is 9.59 Å². The molecule has 1 saturated carbocycles. The second-order valence-corrected chi connectivity index (χ2v) is 7.48. The van der Waals surface area contributed by atoms with Gasteiger partial charge in [-0.05, 0) is 24.8 Å². The highest BCUT2D eigenvalue weighted by Crippen LogP contribution is 2.23. The van der Waals surface area contributed by atoms with Crippen LogP contribution in [0, 0.1) is 5.92 Å². The van der Waals surface area contributed by atoms with Crippen LogP contribution in [0.3, 0.4) is 0 Å². The normalized spacial score (nSPS) is 22.5. The van der Waals surface area contributed by atoms with E-state index in [1.807, 2.05) is 11.0 Å². The molecule has 2 amide bonds. The maximum atomic E-state index is 12.4. The molecule has 1 aromatic carbocycles. The number of piperazine rings is 1. The summed E-state index contributed by atoms with van der Waals surface area (Å²) in [5, 5.41) is 2.82. The van der Waals surface area contributed by atoms with Crippen molar-refractivity contribution in [1.29, 1.82) is 0 Å². The first-order valence-corrected chi connectivity index (χ1v) is 9.69. The highest BCUT2D eigenvalue weighted by Gasteiger charge is 2.26. The van der Waals surface area contributed by atoms with Gasteiger partial charge in [0.1, 0.15) is 0 Å². The average molecular weight is 431 g/mol. The van der Waals surface area contributed by atoms with Crippen molar-refractivity contribution in [2.75, 3.05) is 32.7 Å². The van der Waals surface area contributed by atoms with E-state index in [1.165, 1.54) is 5.56 Å². The van der Waals surface area contributed by atoms with E-state index >= 15 is 0 Å². The van der Waals surface area contributed by atoms with Gasteiger partial charge in [-0.3, -0.25) is 14.5 Å². The largest absolute Gasteiger partial charge is 0.347 e. The number of benzene rings is 1. The summed E-state index contributed by atoms with van der Waals surface area (Å²) in [5.74, 6) is -0.0386. The van der Waals surface area contributed by atoms with E-state index in [4.69, 9.17) is 5.73 Å². The number of rotatable bonds is 5. The smallest absolute Gasteiger partial charge is 0.242 e. The van der Waals surface area contributed by atoms with Gasteiger partial charge in [0, 0.05) is 44.7 Å². The third-order valence-corrected chi connectivity index (χ3v) is 5.47. The molecule has 0 bridgehead atoms. The van der Waals surface area contributed by atoms with Crippen LogP contribution in [0.1, 0.15) is 31.2 Å². The van der Waals surface area contributed by atoms with Gasteiger partial charge < -0.3 is 16.0 Å². The molecule has 158 valence electrons. The van der Waals surface area contributed by atoms with Gasteiger partial charge in [-0.1, -0.05) is 36.8 Å². The molecule has 6 nitrogen and oxygen atoms in total. The van der Waals surface area contributed by atoms with Gasteiger partial charge in [0.05, 0.1) is 6.54 Å². The average Bonchev–Trinajstić information content (AvgIpc) is 2.67. The number of nitrogens with one attached hydrogen (secondary N) is 1. The molecule has 3 N–H and O–H groups in total. The Labute approximate surface area is 180 Å². The fourth-order valence-corrected chi connectivity index (χ4v) is 3.88. The minimum Gasteiger partial charge on any atom is -0.347 e. The van der Waals surface area contributed by atoms with Crippen LogP contribution in [0.15, 0.2) is 30.3 Å². The number of carbonyl (C=O) groups is 2. The summed E-state index contributed by atoms with van der Waals surface area (Å²) in [6, 6.07) is 10.5. The SMILES string of the molecule is Cl.Cl.NC1CCCC(C(=O)NCC(=O)N2CCN(Cc3ccccc3)CC2)C1. The number of carbonyl (C=O) groups excluding carboxylic acids is 2. The summed E-state index contributed by atoms with van der Waals surface area (Å²) in [5.41, 5.74) is 7.24. The Hall–Kier alpha value is -1.34. The second-order valence-electron chi connectivity index (χ2n) is 7.48. The van der Waals surface area contributed by atoms with Crippen LogP contribution in [-0.2, 0) is 16.1 Å². The molecule has 1 aliphatic carbocycles. The van der Waals surface area contributed by atoms with Crippen molar-refractivity contribution in [2.24, 2.45) is 11.7 Å². The summed E-state index contributed by atoms with van der Waals surface area (Å²) < 4.78 is 0. The Balaban J connectivity index is 0.00000196. The highest BCUT2D eigenvalue weighted by atomic mass is 35.5. The first kappa shape index (κ1) is 24.7. The third-order valence-electron chi connectivity index (χ3n) is 5.47. The minimum atomic E-state index is -0.0331. The van der Waals surface area contributed by atoms with Crippen molar-refractivity contribution in [2.45, 2.75) is 38.3 Å². The number of halogens is 2. The number of amides is 2. The van der Waals surface area contributed by atoms with Crippen LogP contribution in [0.25, 0.3) is 0 Å². The van der Waals surface area contributed by atoms with E-state index in [-0.39, 0.29) is 55.1 Å². The van der Waals surface area contributed by atoms with E-state index in [2.05, 4.69) is 34.5 Å². The van der Waals surface area contributed by atoms with E-state index in [0.717, 1.165) is 58.4 Å². The molecule has 0 aromatic heterocycles. The molecule has 1 heterocycles. The minimum absolute atomic E-state index is 0. The zero-order valence-electron chi connectivity index (χ0n) is 16.2. The van der Waals surface area contributed by atoms with Crippen LogP contribution >= 0.6 is 24.8 Å². The fourth-order valence-electron chi connectivity index (χ4n) is 3.88. The fraction of sp³-hybridized carbons (Fsp3) is 0.600. The molecular weight excluding hydrogens is 399 g/mol. The maximum Gasteiger partial charge on any atom is 0.242 e. The van der Waals surface area contributed by atoms with Gasteiger partial charge in [0.15, 0.2) is 0 Å². The van der Waals surface area contributed by atoms with Crippen LogP contribution in [0.2, 0.25) is 0 Å². The lowest BCUT2D eigenvalue weighted by atomic mass is 9.85. The summed E-state index contributed by atoms with van der Waals surface area (Å²) in [4.78, 5) is 28.8. The van der Waals surface area contributed by atoms with Gasteiger partial charge in [-0.15, -0.1) is 24.8 Å². The molecule has 1 aliphatic heterocycles. The van der Waals surface area contributed by atoms with Crippen molar-refractivity contribution in [1.82, 2.24) is 15.1 Å². The standard InChI is InChI=1S/C20H30N4O2.2ClH/c21-18-8-4-7-17(13-18)20(26)22-14-19(25)24-11-9-23(10-12-24)15-16-5-2-1-3-6-16;;/h1-3,5-6,17-18H,4,7-15,21H2,(H,22,26);2*1H. The molecule has 1 saturated heterocycles. The predicted octanol–water partition coefficient (Wildman–Crippen LogP) is 1.81. The van der Waals surface area contributed by atoms with Crippen molar-refractivity contribution >= 4 is 36.6 Å². The van der Waals surface area contributed by atoms with Gasteiger partial charge >= 0.3 is 0 Å². The lowest BCUT2D eigenvalue weighted by molar-refractivity contribution is -0.135. The Kier molecular flexibility index (Phi) is 10.8. The van der Waals surface area contributed by atoms with Gasteiger partial charge in [-0.25, -0.2) is 0 Å². The van der Waals surface area contributed by atoms with Gasteiger partial charge in [-0.2, -0.15) is 0 Å². The lowest BCUT2D eigenvalue weighted by Crippen LogP contribution is -2.51. The Bertz CT molecular complexity index is 609. The van der Waals surface area contributed by atoms with E-state index < -0.39 is 0 Å². The third kappa shape index (κ3) is 7.24. The molecule has 3 rings (SSSR count).